The maximum atomic E-state index is 13.6. The van der Waals surface area contributed by atoms with E-state index in [-0.39, 0.29) is 24.0 Å². The number of nitrogens with one attached hydrogen (secondary N) is 2. The summed E-state index contributed by atoms with van der Waals surface area (Å²) in [6.07, 6.45) is 0.370. The van der Waals surface area contributed by atoms with Crippen LogP contribution in [0.5, 0.6) is 0 Å². The lowest BCUT2D eigenvalue weighted by Crippen LogP contribution is -2.38. The molecule has 138 valence electrons. The number of nitrogens with zero attached hydrogens (tertiary/aromatic N) is 3. The molecule has 8 heteroatoms. The molecule has 1 aromatic heterocycles. The van der Waals surface area contributed by atoms with Crippen molar-refractivity contribution in [2.24, 2.45) is 12.0 Å². The van der Waals surface area contributed by atoms with Crippen LogP contribution in [0.25, 0.3) is 0 Å². The van der Waals surface area contributed by atoms with Crippen LogP contribution < -0.4 is 10.6 Å². The molecule has 0 atom stereocenters. The third-order valence-corrected chi connectivity index (χ3v) is 4.01. The van der Waals surface area contributed by atoms with Gasteiger partial charge in [-0.1, -0.05) is 0 Å². The van der Waals surface area contributed by atoms with E-state index in [4.69, 9.17) is 0 Å². The summed E-state index contributed by atoms with van der Waals surface area (Å²) in [5.41, 5.74) is 3.53. The number of guanidine groups is 1. The fourth-order valence-corrected chi connectivity index (χ4v) is 2.52. The van der Waals surface area contributed by atoms with Gasteiger partial charge in [-0.3, -0.25) is 9.67 Å². The molecule has 2 aromatic rings. The number of aliphatic imine (C=N–C) groups is 1. The van der Waals surface area contributed by atoms with E-state index in [2.05, 4.69) is 20.7 Å². The zero-order valence-electron chi connectivity index (χ0n) is 14.9. The minimum Gasteiger partial charge on any atom is -0.356 e. The minimum atomic E-state index is -0.434. The van der Waals surface area contributed by atoms with Gasteiger partial charge in [0.25, 0.3) is 0 Å². The summed E-state index contributed by atoms with van der Waals surface area (Å²) in [6.45, 7) is 5.03. The van der Waals surface area contributed by atoms with Gasteiger partial charge in [-0.25, -0.2) is 8.78 Å². The third-order valence-electron chi connectivity index (χ3n) is 4.01. The molecule has 0 saturated carbocycles. The van der Waals surface area contributed by atoms with Crippen LogP contribution in [0.1, 0.15) is 22.5 Å². The average molecular weight is 463 g/mol. The van der Waals surface area contributed by atoms with Crippen LogP contribution in [0.4, 0.5) is 8.78 Å². The molecule has 1 heterocycles. The minimum absolute atomic E-state index is 0. The van der Waals surface area contributed by atoms with Crippen molar-refractivity contribution in [1.82, 2.24) is 20.4 Å². The van der Waals surface area contributed by atoms with E-state index in [0.717, 1.165) is 29.1 Å². The second-order valence-electron chi connectivity index (χ2n) is 5.61. The molecule has 0 radical (unpaired) electrons. The number of rotatable bonds is 5. The smallest absolute Gasteiger partial charge is 0.191 e. The van der Waals surface area contributed by atoms with Gasteiger partial charge in [0.1, 0.15) is 11.6 Å². The lowest BCUT2D eigenvalue weighted by Gasteiger charge is -2.12. The molecule has 1 aromatic carbocycles. The van der Waals surface area contributed by atoms with Crippen LogP contribution in [0, 0.1) is 25.5 Å². The number of aromatic nitrogens is 2. The van der Waals surface area contributed by atoms with Crippen molar-refractivity contribution in [3.05, 3.63) is 52.3 Å². The molecule has 0 aliphatic carbocycles. The topological polar surface area (TPSA) is 54.2 Å². The summed E-state index contributed by atoms with van der Waals surface area (Å²) in [5, 5.41) is 10.7. The van der Waals surface area contributed by atoms with Crippen LogP contribution in [-0.4, -0.2) is 29.3 Å². The zero-order chi connectivity index (χ0) is 17.7. The Balaban J connectivity index is 0.00000312. The van der Waals surface area contributed by atoms with Crippen molar-refractivity contribution in [1.29, 1.82) is 0 Å². The zero-order valence-corrected chi connectivity index (χ0v) is 17.2. The fourth-order valence-electron chi connectivity index (χ4n) is 2.52. The van der Waals surface area contributed by atoms with Crippen LogP contribution in [-0.2, 0) is 20.0 Å². The maximum Gasteiger partial charge on any atom is 0.191 e. The van der Waals surface area contributed by atoms with Crippen molar-refractivity contribution >= 4 is 29.9 Å². The molecule has 0 saturated heterocycles. The van der Waals surface area contributed by atoms with E-state index in [9.17, 15) is 8.78 Å². The quantitative estimate of drug-likeness (QED) is 0.408. The Morgan fingerprint density at radius 1 is 1.24 bits per heavy atom. The lowest BCUT2D eigenvalue weighted by atomic mass is 10.1. The predicted molar refractivity (Wildman–Crippen MR) is 106 cm³/mol. The van der Waals surface area contributed by atoms with Crippen LogP contribution in [0.2, 0.25) is 0 Å². The van der Waals surface area contributed by atoms with Crippen LogP contribution >= 0.6 is 24.0 Å². The van der Waals surface area contributed by atoms with Gasteiger partial charge in [-0.2, -0.15) is 5.10 Å². The van der Waals surface area contributed by atoms with Crippen molar-refractivity contribution < 1.29 is 8.78 Å². The number of aryl methyl sites for hydroxylation is 2. The van der Waals surface area contributed by atoms with Gasteiger partial charge >= 0.3 is 0 Å². The highest BCUT2D eigenvalue weighted by Gasteiger charge is 2.10. The summed E-state index contributed by atoms with van der Waals surface area (Å²) in [7, 11) is 3.58. The molecule has 2 rings (SSSR count). The first-order valence-corrected chi connectivity index (χ1v) is 7.80. The van der Waals surface area contributed by atoms with Crippen LogP contribution in [0.3, 0.4) is 0 Å². The SMILES string of the molecule is CN=C(NCCc1cc(F)ccc1F)NCc1c(C)nn(C)c1C.I. The Hall–Kier alpha value is -1.71. The number of halogens is 3. The van der Waals surface area contributed by atoms with Crippen molar-refractivity contribution in [2.75, 3.05) is 13.6 Å². The highest BCUT2D eigenvalue weighted by molar-refractivity contribution is 14.0. The monoisotopic (exact) mass is 463 g/mol. The summed E-state index contributed by atoms with van der Waals surface area (Å²) in [4.78, 5) is 4.14. The Kier molecular flexibility index (Phi) is 8.27. The highest BCUT2D eigenvalue weighted by atomic mass is 127. The average Bonchev–Trinajstić information content (AvgIpc) is 2.79. The molecule has 0 spiro atoms. The Labute approximate surface area is 163 Å². The molecule has 0 fully saturated rings. The summed E-state index contributed by atoms with van der Waals surface area (Å²) in [5.74, 6) is -0.228. The van der Waals surface area contributed by atoms with Gasteiger partial charge in [0.15, 0.2) is 5.96 Å². The van der Waals surface area contributed by atoms with Gasteiger partial charge in [0, 0.05) is 38.4 Å². The van der Waals surface area contributed by atoms with E-state index in [0.29, 0.717) is 31.0 Å². The molecule has 0 bridgehead atoms. The number of hydrogen-bond donors (Lipinski definition) is 2. The van der Waals surface area contributed by atoms with E-state index in [1.165, 1.54) is 6.07 Å². The maximum absolute atomic E-state index is 13.6. The molecule has 5 nitrogen and oxygen atoms in total. The van der Waals surface area contributed by atoms with Gasteiger partial charge < -0.3 is 10.6 Å². The van der Waals surface area contributed by atoms with Gasteiger partial charge in [0.05, 0.1) is 5.69 Å². The summed E-state index contributed by atoms with van der Waals surface area (Å²) < 4.78 is 28.6. The van der Waals surface area contributed by atoms with E-state index in [1.807, 2.05) is 25.6 Å². The van der Waals surface area contributed by atoms with Crippen molar-refractivity contribution in [3.8, 4) is 0 Å². The molecule has 0 unspecified atom stereocenters. The fraction of sp³-hybridized carbons (Fsp3) is 0.412. The van der Waals surface area contributed by atoms with Crippen LogP contribution in [0.15, 0.2) is 23.2 Å². The summed E-state index contributed by atoms with van der Waals surface area (Å²) >= 11 is 0. The van der Waals surface area contributed by atoms with Gasteiger partial charge in [-0.05, 0) is 44.0 Å². The first-order chi connectivity index (χ1) is 11.4. The second-order valence-corrected chi connectivity index (χ2v) is 5.61. The third kappa shape index (κ3) is 5.65. The normalized spacial score (nSPS) is 11.2. The molecule has 0 aliphatic heterocycles. The lowest BCUT2D eigenvalue weighted by molar-refractivity contribution is 0.583. The van der Waals surface area contributed by atoms with Gasteiger partial charge in [-0.15, -0.1) is 24.0 Å². The summed E-state index contributed by atoms with van der Waals surface area (Å²) in [6, 6.07) is 3.48. The molecular weight excluding hydrogens is 439 g/mol. The van der Waals surface area contributed by atoms with E-state index < -0.39 is 11.6 Å². The first-order valence-electron chi connectivity index (χ1n) is 7.80. The molecule has 25 heavy (non-hydrogen) atoms. The van der Waals surface area contributed by atoms with E-state index >= 15 is 0 Å². The van der Waals surface area contributed by atoms with E-state index in [1.54, 1.807) is 7.05 Å². The molecule has 2 N–H and O–H groups in total. The van der Waals surface area contributed by atoms with Gasteiger partial charge in [0.2, 0.25) is 0 Å². The Morgan fingerprint density at radius 2 is 1.96 bits per heavy atom. The molecule has 0 aliphatic rings. The predicted octanol–water partition coefficient (Wildman–Crippen LogP) is 2.84. The second kappa shape index (κ2) is 9.69. The number of hydrogen-bond acceptors (Lipinski definition) is 2. The van der Waals surface area contributed by atoms with Crippen molar-refractivity contribution in [2.45, 2.75) is 26.8 Å². The standard InChI is InChI=1S/C17H23F2N5.HI/c1-11-15(12(2)24(4)23-11)10-22-17(20-3)21-8-7-13-9-14(18)5-6-16(13)19;/h5-6,9H,7-8,10H2,1-4H3,(H2,20,21,22);1H. The first kappa shape index (κ1) is 21.3. The van der Waals surface area contributed by atoms with Crippen molar-refractivity contribution in [3.63, 3.8) is 0 Å². The number of benzene rings is 1. The Morgan fingerprint density at radius 3 is 2.56 bits per heavy atom. The highest BCUT2D eigenvalue weighted by Crippen LogP contribution is 2.11. The molecular formula is C17H24F2IN5. The molecule has 0 amide bonds. The Bertz CT molecular complexity index is 743. The largest absolute Gasteiger partial charge is 0.356 e.